The zero-order valence-corrected chi connectivity index (χ0v) is 29.7. The third-order valence-corrected chi connectivity index (χ3v) is 30.1. The Morgan fingerprint density at radius 1 is 0.919 bits per heavy atom. The average Bonchev–Trinajstić information content (AvgIpc) is 3.22. The Morgan fingerprint density at radius 3 is 1.95 bits per heavy atom. The summed E-state index contributed by atoms with van der Waals surface area (Å²) in [6, 6.07) is 7.71. The van der Waals surface area contributed by atoms with Gasteiger partial charge in [-0.3, -0.25) is 0 Å². The number of sulfonamides is 1. The van der Waals surface area contributed by atoms with Crippen molar-refractivity contribution in [3.8, 4) is 0 Å². The molecule has 1 saturated carbocycles. The van der Waals surface area contributed by atoms with E-state index in [-0.39, 0.29) is 6.04 Å². The van der Waals surface area contributed by atoms with Crippen molar-refractivity contribution < 1.29 is 8.42 Å². The summed E-state index contributed by atoms with van der Waals surface area (Å²) in [6.45, 7) is 17.0. The van der Waals surface area contributed by atoms with Gasteiger partial charge in [0, 0.05) is 0 Å². The maximum absolute atomic E-state index is 14.1. The van der Waals surface area contributed by atoms with Crippen molar-refractivity contribution in [1.29, 1.82) is 0 Å². The van der Waals surface area contributed by atoms with E-state index in [1.807, 2.05) is 35.5 Å². The van der Waals surface area contributed by atoms with Crippen molar-refractivity contribution in [3.05, 3.63) is 41.1 Å². The molecule has 2 fully saturated rings. The molecule has 3 unspecified atom stereocenters. The summed E-state index contributed by atoms with van der Waals surface area (Å²) in [5.41, 5.74) is 5.23. The van der Waals surface area contributed by atoms with Crippen molar-refractivity contribution in [1.82, 2.24) is 4.31 Å². The second-order valence-corrected chi connectivity index (χ2v) is 34.3. The number of hydrogen-bond donors (Lipinski definition) is 0. The van der Waals surface area contributed by atoms with Crippen molar-refractivity contribution in [3.63, 3.8) is 0 Å². The van der Waals surface area contributed by atoms with Crippen LogP contribution in [-0.4, -0.2) is 51.8 Å². The van der Waals surface area contributed by atoms with Crippen LogP contribution in [0.15, 0.2) is 40.4 Å². The van der Waals surface area contributed by atoms with Gasteiger partial charge in [-0.25, -0.2) is 0 Å². The number of nitrogens with zero attached hydrogens (tertiary/aromatic N) is 1. The van der Waals surface area contributed by atoms with Crippen LogP contribution in [0.3, 0.4) is 0 Å². The molecule has 0 N–H and O–H groups in total. The molecule has 3 rings (SSSR count). The van der Waals surface area contributed by atoms with Crippen LogP contribution in [0.25, 0.3) is 0 Å². The molecule has 37 heavy (non-hydrogen) atoms. The molecule has 0 radical (unpaired) electrons. The second kappa shape index (κ2) is 13.5. The summed E-state index contributed by atoms with van der Waals surface area (Å²) in [4.78, 5) is 0.478. The summed E-state index contributed by atoms with van der Waals surface area (Å²) in [5.74, 6) is 0.474. The molecule has 2 aliphatic rings. The van der Waals surface area contributed by atoms with E-state index >= 15 is 0 Å². The first-order valence-corrected chi connectivity index (χ1v) is 28.0. The predicted octanol–water partition coefficient (Wildman–Crippen LogP) is 9.19. The molecule has 1 aliphatic heterocycles. The Morgan fingerprint density at radius 2 is 1.46 bits per heavy atom. The molecule has 0 aromatic heterocycles. The van der Waals surface area contributed by atoms with Crippen LogP contribution in [0.1, 0.15) is 84.1 Å². The minimum absolute atomic E-state index is 0.161. The van der Waals surface area contributed by atoms with Crippen molar-refractivity contribution in [2.24, 2.45) is 5.92 Å². The average molecular weight is 653 g/mol. The quantitative estimate of drug-likeness (QED) is 0.199. The molecule has 3 nitrogen and oxygen atoms in total. The van der Waals surface area contributed by atoms with Gasteiger partial charge in [-0.2, -0.15) is 0 Å². The van der Waals surface area contributed by atoms with Gasteiger partial charge in [0.15, 0.2) is 0 Å². The van der Waals surface area contributed by atoms with Gasteiger partial charge >= 0.3 is 236 Å². The number of benzene rings is 1. The Hall–Kier alpha value is -0.114. The Bertz CT molecular complexity index is 977. The van der Waals surface area contributed by atoms with Crippen molar-refractivity contribution in [2.75, 3.05) is 6.54 Å². The second-order valence-electron chi connectivity index (χ2n) is 13.3. The number of unbranched alkanes of at least 4 members (excludes halogenated alkanes) is 3. The Balaban J connectivity index is 2.11. The molecular weight excluding hydrogens is 597 g/mol. The van der Waals surface area contributed by atoms with Gasteiger partial charge in [0.05, 0.1) is 0 Å². The first-order valence-electron chi connectivity index (χ1n) is 15.3. The molecule has 0 amide bonds. The first kappa shape index (κ1) is 31.4. The molecule has 1 heterocycles. The molecular formula is C31H55NO2SSiSn. The van der Waals surface area contributed by atoms with Gasteiger partial charge in [0.25, 0.3) is 0 Å². The van der Waals surface area contributed by atoms with Crippen LogP contribution in [0.4, 0.5) is 0 Å². The number of rotatable bonds is 13. The van der Waals surface area contributed by atoms with Gasteiger partial charge in [0.1, 0.15) is 0 Å². The monoisotopic (exact) mass is 653 g/mol. The van der Waals surface area contributed by atoms with Crippen LogP contribution in [0.2, 0.25) is 36.9 Å². The first-order chi connectivity index (χ1) is 17.5. The molecule has 210 valence electrons. The number of aryl methyl sites for hydroxylation is 1. The van der Waals surface area contributed by atoms with Crippen LogP contribution < -0.4 is 0 Å². The Labute approximate surface area is 234 Å². The van der Waals surface area contributed by atoms with Crippen LogP contribution in [0, 0.1) is 12.8 Å². The maximum atomic E-state index is 14.1. The molecule has 6 heteroatoms. The fourth-order valence-corrected chi connectivity index (χ4v) is 30.6. The van der Waals surface area contributed by atoms with Gasteiger partial charge in [0.2, 0.25) is 0 Å². The molecule has 1 saturated heterocycles. The van der Waals surface area contributed by atoms with Crippen LogP contribution in [0.5, 0.6) is 0 Å². The summed E-state index contributed by atoms with van der Waals surface area (Å²) in [5, 5.41) is 0. The normalized spacial score (nSPS) is 24.5. The van der Waals surface area contributed by atoms with Gasteiger partial charge < -0.3 is 0 Å². The van der Waals surface area contributed by atoms with E-state index in [2.05, 4.69) is 46.1 Å². The molecule has 1 aromatic rings. The topological polar surface area (TPSA) is 37.4 Å². The van der Waals surface area contributed by atoms with Crippen LogP contribution >= 0.6 is 0 Å². The zero-order chi connectivity index (χ0) is 27.3. The van der Waals surface area contributed by atoms with E-state index in [9.17, 15) is 8.42 Å². The number of hydrogen-bond acceptors (Lipinski definition) is 2. The molecule has 1 aromatic carbocycles. The van der Waals surface area contributed by atoms with E-state index in [0.717, 1.165) is 15.9 Å². The van der Waals surface area contributed by atoms with Gasteiger partial charge in [-0.15, -0.1) is 0 Å². The summed E-state index contributed by atoms with van der Waals surface area (Å²) in [7, 11) is -5.00. The summed E-state index contributed by atoms with van der Waals surface area (Å²) >= 11 is -2.57. The molecule has 0 bridgehead atoms. The minimum atomic E-state index is -3.50. The van der Waals surface area contributed by atoms with E-state index in [4.69, 9.17) is 0 Å². The summed E-state index contributed by atoms with van der Waals surface area (Å²) in [6.07, 6.45) is 11.6. The fourth-order valence-electron chi connectivity index (χ4n) is 7.42. The molecule has 3 atom stereocenters. The predicted molar refractivity (Wildman–Crippen MR) is 166 cm³/mol. The third-order valence-electron chi connectivity index (χ3n) is 9.12. The third kappa shape index (κ3) is 7.55. The van der Waals surface area contributed by atoms with Crippen molar-refractivity contribution >= 4 is 36.5 Å². The van der Waals surface area contributed by atoms with Gasteiger partial charge in [-0.1, -0.05) is 0 Å². The standard InChI is InChI=1S/C19H28NO2SSi.3C4H9.Sn/c1-15-9-11-17(12-10-15)23(21,22)20-13-16(14-24(2,3)4)18-7-5-6-8-19(18)20;3*1-3-4-2;/h7,9-12,14,18-19H,5-6,8,13H2,1-4H3;3*1,3-4H2,2H3;/b16-14+;;;;. The van der Waals surface area contributed by atoms with E-state index in [1.165, 1.54) is 70.2 Å². The number of fused-ring (bicyclic) bond motifs is 1. The SMILES string of the molecule is CCC[CH2][Sn]([CH2]CCC)([CH2]CCC)[CH]1CCCC2C1/C(=C/[Si](C)(C)C)CN2S(=O)(=O)c1ccc(C)cc1. The Kier molecular flexibility index (Phi) is 11.5. The van der Waals surface area contributed by atoms with E-state index in [0.29, 0.717) is 17.4 Å². The van der Waals surface area contributed by atoms with Crippen LogP contribution in [-0.2, 0) is 10.0 Å². The van der Waals surface area contributed by atoms with Gasteiger partial charge in [-0.05, 0) is 0 Å². The van der Waals surface area contributed by atoms with Crippen molar-refractivity contribution in [2.45, 2.75) is 133 Å². The zero-order valence-electron chi connectivity index (χ0n) is 25.0. The fraction of sp³-hybridized carbons (Fsp3) is 0.742. The van der Waals surface area contributed by atoms with E-state index < -0.39 is 36.5 Å². The summed E-state index contributed by atoms with van der Waals surface area (Å²) < 4.78 is 35.5. The van der Waals surface area contributed by atoms with E-state index in [1.54, 1.807) is 0 Å². The molecule has 1 aliphatic carbocycles. The molecule has 0 spiro atoms.